The Labute approximate surface area is 120 Å². The lowest BCUT2D eigenvalue weighted by molar-refractivity contribution is -0.153. The highest BCUT2D eigenvalue weighted by molar-refractivity contribution is 5.82. The summed E-state index contributed by atoms with van der Waals surface area (Å²) in [6.07, 6.45) is 4.93. The number of carboxylic acid groups (broad SMARTS) is 1. The van der Waals surface area contributed by atoms with Gasteiger partial charge < -0.3 is 15.3 Å². The van der Waals surface area contributed by atoms with Crippen LogP contribution in [-0.4, -0.2) is 47.6 Å². The summed E-state index contributed by atoms with van der Waals surface area (Å²) in [6, 6.07) is -0.0598. The maximum Gasteiger partial charge on any atom is 0.309 e. The average Bonchev–Trinajstić information content (AvgIpc) is 2.47. The molecule has 2 atom stereocenters. The highest BCUT2D eigenvalue weighted by Crippen LogP contribution is 2.34. The summed E-state index contributed by atoms with van der Waals surface area (Å²) in [5.74, 6) is -0.565. The van der Waals surface area contributed by atoms with Gasteiger partial charge in [0.25, 0.3) is 0 Å². The molecule has 20 heavy (non-hydrogen) atoms. The van der Waals surface area contributed by atoms with E-state index in [0.29, 0.717) is 6.54 Å². The molecule has 0 aromatic rings. The highest BCUT2D eigenvalue weighted by Gasteiger charge is 2.40. The van der Waals surface area contributed by atoms with Gasteiger partial charge in [-0.1, -0.05) is 6.42 Å². The van der Waals surface area contributed by atoms with E-state index in [9.17, 15) is 14.7 Å². The number of hydrogen-bond acceptors (Lipinski definition) is 3. The number of nitrogens with one attached hydrogen (secondary N) is 1. The number of rotatable bonds is 3. The van der Waals surface area contributed by atoms with Gasteiger partial charge in [-0.25, -0.2) is 0 Å². The third-order valence-corrected chi connectivity index (χ3v) is 4.91. The fourth-order valence-corrected chi connectivity index (χ4v) is 3.22. The second-order valence-electron chi connectivity index (χ2n) is 6.65. The fourth-order valence-electron chi connectivity index (χ4n) is 3.22. The van der Waals surface area contributed by atoms with E-state index in [1.54, 1.807) is 13.8 Å². The number of piperidine rings is 2. The van der Waals surface area contributed by atoms with Crippen LogP contribution in [0.4, 0.5) is 0 Å². The van der Waals surface area contributed by atoms with Crippen molar-refractivity contribution in [1.82, 2.24) is 10.2 Å². The third-order valence-electron chi connectivity index (χ3n) is 4.91. The minimum Gasteiger partial charge on any atom is -0.481 e. The van der Waals surface area contributed by atoms with Crippen LogP contribution >= 0.6 is 0 Å². The Bertz CT molecular complexity index is 375. The molecule has 2 aliphatic rings. The molecule has 0 aromatic heterocycles. The monoisotopic (exact) mass is 282 g/mol. The number of nitrogens with zero attached hydrogens (tertiary/aromatic N) is 1. The van der Waals surface area contributed by atoms with E-state index >= 15 is 0 Å². The SMILES string of the molecule is CC(C)(C(=O)O)C1CCCN(C(=O)C2CCCCN2)C1. The van der Waals surface area contributed by atoms with Gasteiger partial charge in [-0.2, -0.15) is 0 Å². The molecule has 0 aliphatic carbocycles. The molecule has 2 N–H and O–H groups in total. The van der Waals surface area contributed by atoms with E-state index in [0.717, 1.165) is 45.2 Å². The fraction of sp³-hybridized carbons (Fsp3) is 0.867. The Morgan fingerprint density at radius 3 is 2.55 bits per heavy atom. The molecule has 1 amide bonds. The normalized spacial score (nSPS) is 28.2. The van der Waals surface area contributed by atoms with Crippen LogP contribution in [0.3, 0.4) is 0 Å². The topological polar surface area (TPSA) is 69.6 Å². The molecule has 2 aliphatic heterocycles. The molecule has 2 unspecified atom stereocenters. The van der Waals surface area contributed by atoms with Crippen LogP contribution in [0.1, 0.15) is 46.0 Å². The van der Waals surface area contributed by atoms with Crippen molar-refractivity contribution in [3.63, 3.8) is 0 Å². The third kappa shape index (κ3) is 3.14. The molecule has 2 saturated heterocycles. The zero-order valence-electron chi connectivity index (χ0n) is 12.5. The average molecular weight is 282 g/mol. The number of likely N-dealkylation sites (tertiary alicyclic amines) is 1. The van der Waals surface area contributed by atoms with Crippen molar-refractivity contribution in [1.29, 1.82) is 0 Å². The smallest absolute Gasteiger partial charge is 0.309 e. The van der Waals surface area contributed by atoms with Gasteiger partial charge in [-0.15, -0.1) is 0 Å². The van der Waals surface area contributed by atoms with Gasteiger partial charge in [0.05, 0.1) is 11.5 Å². The summed E-state index contributed by atoms with van der Waals surface area (Å²) in [5.41, 5.74) is -0.765. The van der Waals surface area contributed by atoms with Crippen LogP contribution in [-0.2, 0) is 9.59 Å². The zero-order chi connectivity index (χ0) is 14.8. The Morgan fingerprint density at radius 1 is 1.20 bits per heavy atom. The molecule has 0 spiro atoms. The van der Waals surface area contributed by atoms with Crippen LogP contribution in [0.25, 0.3) is 0 Å². The minimum absolute atomic E-state index is 0.0429. The maximum atomic E-state index is 12.5. The second kappa shape index (κ2) is 6.12. The van der Waals surface area contributed by atoms with Crippen molar-refractivity contribution in [3.05, 3.63) is 0 Å². The van der Waals surface area contributed by atoms with Crippen LogP contribution in [0.2, 0.25) is 0 Å². The summed E-state index contributed by atoms with van der Waals surface area (Å²) < 4.78 is 0. The number of aliphatic carboxylic acids is 1. The predicted octanol–water partition coefficient (Wildman–Crippen LogP) is 1.48. The molecule has 114 valence electrons. The van der Waals surface area contributed by atoms with Gasteiger partial charge in [0.1, 0.15) is 0 Å². The van der Waals surface area contributed by atoms with Crippen LogP contribution < -0.4 is 5.32 Å². The minimum atomic E-state index is -0.771. The second-order valence-corrected chi connectivity index (χ2v) is 6.65. The van der Waals surface area contributed by atoms with E-state index in [1.165, 1.54) is 0 Å². The standard InChI is InChI=1S/C15H26N2O3/c1-15(2,14(19)20)11-6-5-9-17(10-11)13(18)12-7-3-4-8-16-12/h11-12,16H,3-10H2,1-2H3,(H,19,20). The molecule has 5 heteroatoms. The number of carboxylic acids is 1. The lowest BCUT2D eigenvalue weighted by Crippen LogP contribution is -2.53. The van der Waals surface area contributed by atoms with Gasteiger partial charge in [0.2, 0.25) is 5.91 Å². The molecule has 0 aromatic carbocycles. The molecule has 0 bridgehead atoms. The lowest BCUT2D eigenvalue weighted by atomic mass is 9.74. The van der Waals surface area contributed by atoms with Crippen LogP contribution in [0, 0.1) is 11.3 Å². The first-order chi connectivity index (χ1) is 9.43. The van der Waals surface area contributed by atoms with Crippen molar-refractivity contribution in [3.8, 4) is 0 Å². The largest absolute Gasteiger partial charge is 0.481 e. The van der Waals surface area contributed by atoms with E-state index in [2.05, 4.69) is 5.32 Å². The summed E-state index contributed by atoms with van der Waals surface area (Å²) in [5, 5.41) is 12.6. The Kier molecular flexibility index (Phi) is 4.68. The highest BCUT2D eigenvalue weighted by atomic mass is 16.4. The molecule has 2 fully saturated rings. The summed E-state index contributed by atoms with van der Waals surface area (Å²) in [4.78, 5) is 25.8. The van der Waals surface area contributed by atoms with Gasteiger partial charge in [-0.3, -0.25) is 9.59 Å². The van der Waals surface area contributed by atoms with Crippen molar-refractivity contribution >= 4 is 11.9 Å². The van der Waals surface area contributed by atoms with Crippen molar-refractivity contribution < 1.29 is 14.7 Å². The molecule has 0 radical (unpaired) electrons. The van der Waals surface area contributed by atoms with Crippen molar-refractivity contribution in [2.45, 2.75) is 52.0 Å². The Balaban J connectivity index is 1.99. The predicted molar refractivity (Wildman–Crippen MR) is 76.4 cm³/mol. The molecule has 2 rings (SSSR count). The quantitative estimate of drug-likeness (QED) is 0.822. The van der Waals surface area contributed by atoms with E-state index in [-0.39, 0.29) is 17.9 Å². The van der Waals surface area contributed by atoms with Gasteiger partial charge in [0.15, 0.2) is 0 Å². The number of carbonyl (C=O) groups excluding carboxylic acids is 1. The summed E-state index contributed by atoms with van der Waals surface area (Å²) in [7, 11) is 0. The Hall–Kier alpha value is -1.10. The van der Waals surface area contributed by atoms with Crippen LogP contribution in [0.15, 0.2) is 0 Å². The van der Waals surface area contributed by atoms with Crippen LogP contribution in [0.5, 0.6) is 0 Å². The lowest BCUT2D eigenvalue weighted by Gasteiger charge is -2.40. The van der Waals surface area contributed by atoms with E-state index in [1.807, 2.05) is 4.90 Å². The number of hydrogen-bond donors (Lipinski definition) is 2. The molecule has 5 nitrogen and oxygen atoms in total. The first-order valence-electron chi connectivity index (χ1n) is 7.68. The molecule has 2 heterocycles. The van der Waals surface area contributed by atoms with Gasteiger partial charge in [0, 0.05) is 13.1 Å². The molecular formula is C15H26N2O3. The molecular weight excluding hydrogens is 256 g/mol. The Morgan fingerprint density at radius 2 is 1.95 bits per heavy atom. The summed E-state index contributed by atoms with van der Waals surface area (Å²) in [6.45, 7) is 5.80. The van der Waals surface area contributed by atoms with Crippen molar-refractivity contribution in [2.24, 2.45) is 11.3 Å². The van der Waals surface area contributed by atoms with Crippen molar-refractivity contribution in [2.75, 3.05) is 19.6 Å². The number of carbonyl (C=O) groups is 2. The van der Waals surface area contributed by atoms with E-state index in [4.69, 9.17) is 0 Å². The van der Waals surface area contributed by atoms with E-state index < -0.39 is 11.4 Å². The first-order valence-corrected chi connectivity index (χ1v) is 7.68. The summed E-state index contributed by atoms with van der Waals surface area (Å²) >= 11 is 0. The van der Waals surface area contributed by atoms with Gasteiger partial charge in [-0.05, 0) is 52.0 Å². The number of amides is 1. The molecule has 0 saturated carbocycles. The zero-order valence-corrected chi connectivity index (χ0v) is 12.5. The maximum absolute atomic E-state index is 12.5. The first kappa shape index (κ1) is 15.3. The van der Waals surface area contributed by atoms with Gasteiger partial charge >= 0.3 is 5.97 Å².